The molecule has 0 aliphatic carbocycles. The third-order valence-electron chi connectivity index (χ3n) is 2.12. The van der Waals surface area contributed by atoms with Crippen LogP contribution in [0, 0.1) is 11.7 Å². The first kappa shape index (κ1) is 13.9. The third-order valence-corrected chi connectivity index (χ3v) is 3.54. The monoisotopic (exact) mass is 261 g/mol. The lowest BCUT2D eigenvalue weighted by molar-refractivity contribution is 0.385. The Morgan fingerprint density at radius 1 is 1.41 bits per heavy atom. The van der Waals surface area contributed by atoms with Crippen molar-refractivity contribution in [2.24, 2.45) is 5.92 Å². The Labute approximate surface area is 101 Å². The summed E-state index contributed by atoms with van der Waals surface area (Å²) in [6, 6.07) is 3.55. The first-order valence-corrected chi connectivity index (χ1v) is 6.68. The molecule has 0 amide bonds. The second-order valence-electron chi connectivity index (χ2n) is 4.04. The summed E-state index contributed by atoms with van der Waals surface area (Å²) in [5.74, 6) is -0.486. The van der Waals surface area contributed by atoms with Gasteiger partial charge in [0.1, 0.15) is 0 Å². The van der Waals surface area contributed by atoms with E-state index >= 15 is 0 Å². The van der Waals surface area contributed by atoms with Crippen LogP contribution in [0.3, 0.4) is 0 Å². The maximum Gasteiger partial charge on any atom is 0.240 e. The van der Waals surface area contributed by atoms with Crippen LogP contribution in [-0.2, 0) is 10.0 Å². The van der Waals surface area contributed by atoms with E-state index in [1.54, 1.807) is 0 Å². The molecule has 17 heavy (non-hydrogen) atoms. The van der Waals surface area contributed by atoms with Crippen LogP contribution in [0.5, 0.6) is 5.75 Å². The molecule has 1 rings (SSSR count). The number of sulfonamides is 1. The van der Waals surface area contributed by atoms with Gasteiger partial charge in [-0.2, -0.15) is 0 Å². The average molecular weight is 261 g/mol. The van der Waals surface area contributed by atoms with Gasteiger partial charge < -0.3 is 4.74 Å². The zero-order chi connectivity index (χ0) is 13.1. The highest BCUT2D eigenvalue weighted by Crippen LogP contribution is 2.20. The molecule has 0 aliphatic heterocycles. The zero-order valence-corrected chi connectivity index (χ0v) is 10.8. The third kappa shape index (κ3) is 3.67. The highest BCUT2D eigenvalue weighted by molar-refractivity contribution is 7.89. The molecule has 1 N–H and O–H groups in total. The van der Waals surface area contributed by atoms with Crippen LogP contribution in [0.2, 0.25) is 0 Å². The van der Waals surface area contributed by atoms with E-state index in [2.05, 4.69) is 4.72 Å². The summed E-state index contributed by atoms with van der Waals surface area (Å²) in [5, 5.41) is 0. The normalized spacial score (nSPS) is 11.8. The van der Waals surface area contributed by atoms with Gasteiger partial charge in [0.05, 0.1) is 12.0 Å². The van der Waals surface area contributed by atoms with Crippen molar-refractivity contribution in [1.29, 1.82) is 0 Å². The van der Waals surface area contributed by atoms with E-state index in [0.717, 1.165) is 6.07 Å². The molecule has 4 nitrogen and oxygen atoms in total. The molecule has 0 unspecified atom stereocenters. The maximum absolute atomic E-state index is 13.4. The minimum atomic E-state index is -3.65. The number of rotatable bonds is 5. The van der Waals surface area contributed by atoms with E-state index in [1.165, 1.54) is 19.2 Å². The van der Waals surface area contributed by atoms with E-state index < -0.39 is 15.8 Å². The van der Waals surface area contributed by atoms with Crippen LogP contribution in [0.1, 0.15) is 13.8 Å². The molecule has 0 heterocycles. The van der Waals surface area contributed by atoms with Crippen molar-refractivity contribution in [3.05, 3.63) is 24.0 Å². The fraction of sp³-hybridized carbons (Fsp3) is 0.455. The quantitative estimate of drug-likeness (QED) is 0.878. The Kier molecular flexibility index (Phi) is 4.47. The summed E-state index contributed by atoms with van der Waals surface area (Å²) in [7, 11) is -2.33. The Bertz CT molecular complexity index is 485. The summed E-state index contributed by atoms with van der Waals surface area (Å²) >= 11 is 0. The molecular weight excluding hydrogens is 245 g/mol. The van der Waals surface area contributed by atoms with Crippen LogP contribution >= 0.6 is 0 Å². The fourth-order valence-electron chi connectivity index (χ4n) is 1.17. The van der Waals surface area contributed by atoms with Gasteiger partial charge in [-0.15, -0.1) is 0 Å². The molecule has 0 radical (unpaired) electrons. The standard InChI is InChI=1S/C11H16FNO3S/c1-8(2)7-13-17(14,15)9-4-5-11(16-3)10(12)6-9/h4-6,8,13H,7H2,1-3H3. The van der Waals surface area contributed by atoms with Gasteiger partial charge in [0.25, 0.3) is 0 Å². The number of halogens is 1. The topological polar surface area (TPSA) is 55.4 Å². The van der Waals surface area contributed by atoms with Crippen molar-refractivity contribution in [3.8, 4) is 5.75 Å². The minimum absolute atomic E-state index is 0.0211. The first-order chi connectivity index (χ1) is 7.86. The van der Waals surface area contributed by atoms with E-state index in [-0.39, 0.29) is 16.6 Å². The number of hydrogen-bond acceptors (Lipinski definition) is 3. The van der Waals surface area contributed by atoms with Gasteiger partial charge in [-0.05, 0) is 24.1 Å². The summed E-state index contributed by atoms with van der Waals surface area (Å²) < 4.78 is 44.0. The Hall–Kier alpha value is -1.14. The zero-order valence-electron chi connectivity index (χ0n) is 10.0. The van der Waals surface area contributed by atoms with Crippen LogP contribution in [0.4, 0.5) is 4.39 Å². The molecular formula is C11H16FNO3S. The van der Waals surface area contributed by atoms with E-state index in [4.69, 9.17) is 4.74 Å². The van der Waals surface area contributed by atoms with Crippen molar-refractivity contribution >= 4 is 10.0 Å². The van der Waals surface area contributed by atoms with Crippen molar-refractivity contribution in [1.82, 2.24) is 4.72 Å². The molecule has 0 bridgehead atoms. The number of hydrogen-bond donors (Lipinski definition) is 1. The van der Waals surface area contributed by atoms with Gasteiger partial charge in [-0.3, -0.25) is 0 Å². The molecule has 6 heteroatoms. The number of benzene rings is 1. The smallest absolute Gasteiger partial charge is 0.240 e. The van der Waals surface area contributed by atoms with Crippen LogP contribution < -0.4 is 9.46 Å². The molecule has 96 valence electrons. The van der Waals surface area contributed by atoms with Gasteiger partial charge >= 0.3 is 0 Å². The van der Waals surface area contributed by atoms with Gasteiger partial charge in [-0.25, -0.2) is 17.5 Å². The predicted molar refractivity (Wildman–Crippen MR) is 63.0 cm³/mol. The first-order valence-electron chi connectivity index (χ1n) is 5.20. The lowest BCUT2D eigenvalue weighted by Crippen LogP contribution is -2.27. The van der Waals surface area contributed by atoms with Gasteiger partial charge in [0, 0.05) is 6.54 Å². The van der Waals surface area contributed by atoms with E-state index in [0.29, 0.717) is 6.54 Å². The largest absolute Gasteiger partial charge is 0.494 e. The number of ether oxygens (including phenoxy) is 1. The highest BCUT2D eigenvalue weighted by Gasteiger charge is 2.16. The second-order valence-corrected chi connectivity index (χ2v) is 5.81. The highest BCUT2D eigenvalue weighted by atomic mass is 32.2. The molecule has 0 aromatic heterocycles. The fourth-order valence-corrected chi connectivity index (χ4v) is 2.40. The number of methoxy groups -OCH3 is 1. The summed E-state index contributed by atoms with van der Waals surface area (Å²) in [5.41, 5.74) is 0. The molecule has 0 spiro atoms. The van der Waals surface area contributed by atoms with Crippen LogP contribution in [0.25, 0.3) is 0 Å². The maximum atomic E-state index is 13.4. The summed E-state index contributed by atoms with van der Waals surface area (Å²) in [6.07, 6.45) is 0. The molecule has 1 aromatic carbocycles. The molecule has 0 atom stereocenters. The van der Waals surface area contributed by atoms with E-state index in [1.807, 2.05) is 13.8 Å². The van der Waals surface area contributed by atoms with Crippen molar-refractivity contribution < 1.29 is 17.5 Å². The lowest BCUT2D eigenvalue weighted by Gasteiger charge is -2.09. The van der Waals surface area contributed by atoms with Crippen molar-refractivity contribution in [2.75, 3.05) is 13.7 Å². The molecule has 0 fully saturated rings. The van der Waals surface area contributed by atoms with Gasteiger partial charge in [0.2, 0.25) is 10.0 Å². The molecule has 1 aromatic rings. The predicted octanol–water partition coefficient (Wildman–Crippen LogP) is 1.77. The number of nitrogens with one attached hydrogen (secondary N) is 1. The second kappa shape index (κ2) is 5.46. The molecule has 0 saturated heterocycles. The average Bonchev–Trinajstić information content (AvgIpc) is 2.26. The minimum Gasteiger partial charge on any atom is -0.494 e. The Morgan fingerprint density at radius 2 is 2.06 bits per heavy atom. The van der Waals surface area contributed by atoms with Gasteiger partial charge in [0.15, 0.2) is 11.6 Å². The summed E-state index contributed by atoms with van der Waals surface area (Å²) in [4.78, 5) is -0.101. The Balaban J connectivity index is 2.96. The Morgan fingerprint density at radius 3 is 2.53 bits per heavy atom. The van der Waals surface area contributed by atoms with Gasteiger partial charge in [-0.1, -0.05) is 13.8 Å². The van der Waals surface area contributed by atoms with Crippen molar-refractivity contribution in [3.63, 3.8) is 0 Å². The van der Waals surface area contributed by atoms with E-state index in [9.17, 15) is 12.8 Å². The van der Waals surface area contributed by atoms with Crippen LogP contribution in [-0.4, -0.2) is 22.1 Å². The molecule has 0 aliphatic rings. The molecule has 0 saturated carbocycles. The van der Waals surface area contributed by atoms with Crippen molar-refractivity contribution in [2.45, 2.75) is 18.7 Å². The summed E-state index contributed by atoms with van der Waals surface area (Å²) in [6.45, 7) is 4.09. The lowest BCUT2D eigenvalue weighted by atomic mass is 10.2. The van der Waals surface area contributed by atoms with Crippen LogP contribution in [0.15, 0.2) is 23.1 Å². The SMILES string of the molecule is COc1ccc(S(=O)(=O)NCC(C)C)cc1F.